The van der Waals surface area contributed by atoms with Crippen molar-refractivity contribution in [1.29, 1.82) is 0 Å². The smallest absolute Gasteiger partial charge is 0.249 e. The van der Waals surface area contributed by atoms with Gasteiger partial charge in [-0.1, -0.05) is 6.92 Å². The van der Waals surface area contributed by atoms with Gasteiger partial charge in [-0.15, -0.1) is 0 Å². The molecule has 0 spiro atoms. The summed E-state index contributed by atoms with van der Waals surface area (Å²) in [6.45, 7) is 7.38. The number of amides is 2. The number of carbonyl (C=O) groups excluding carboxylic acids is 2. The van der Waals surface area contributed by atoms with Gasteiger partial charge in [0, 0.05) is 7.05 Å². The predicted octanol–water partition coefficient (Wildman–Crippen LogP) is 0.221. The van der Waals surface area contributed by atoms with Crippen molar-refractivity contribution in [3.05, 3.63) is 12.2 Å². The standard InChI is InChI=1S/C13H21N5O2/c1-6-13(4)10(19)16-12(2,3)11(20)18(13)7-9-14-8-15-17(9)5/h8H,6-7H2,1-5H3,(H,16,19). The number of piperazine rings is 1. The van der Waals surface area contributed by atoms with Crippen molar-refractivity contribution in [3.63, 3.8) is 0 Å². The van der Waals surface area contributed by atoms with Crippen LogP contribution in [-0.4, -0.2) is 42.6 Å². The van der Waals surface area contributed by atoms with Crippen LogP contribution < -0.4 is 5.32 Å². The van der Waals surface area contributed by atoms with E-state index in [1.54, 1.807) is 37.4 Å². The molecule has 1 aliphatic rings. The zero-order valence-corrected chi connectivity index (χ0v) is 12.6. The van der Waals surface area contributed by atoms with E-state index in [1.165, 1.54) is 6.33 Å². The SMILES string of the molecule is CCC1(C)C(=O)NC(C)(C)C(=O)N1Cc1ncnn1C. The van der Waals surface area contributed by atoms with Crippen LogP contribution in [0.15, 0.2) is 6.33 Å². The van der Waals surface area contributed by atoms with E-state index in [2.05, 4.69) is 15.4 Å². The first-order chi connectivity index (χ1) is 9.22. The summed E-state index contributed by atoms with van der Waals surface area (Å²) in [5.74, 6) is 0.416. The molecule has 0 aliphatic carbocycles. The van der Waals surface area contributed by atoms with Crippen molar-refractivity contribution in [3.8, 4) is 0 Å². The number of aromatic nitrogens is 3. The van der Waals surface area contributed by atoms with Crippen LogP contribution in [0.3, 0.4) is 0 Å². The summed E-state index contributed by atoms with van der Waals surface area (Å²) in [5.41, 5.74) is -1.76. The zero-order chi connectivity index (χ0) is 15.1. The van der Waals surface area contributed by atoms with Crippen LogP contribution in [0, 0.1) is 0 Å². The molecule has 2 amide bonds. The number of rotatable bonds is 3. The van der Waals surface area contributed by atoms with Gasteiger partial charge in [-0.05, 0) is 27.2 Å². The van der Waals surface area contributed by atoms with Crippen LogP contribution in [0.25, 0.3) is 0 Å². The molecule has 0 aromatic carbocycles. The number of nitrogens with zero attached hydrogens (tertiary/aromatic N) is 4. The summed E-state index contributed by atoms with van der Waals surface area (Å²) >= 11 is 0. The van der Waals surface area contributed by atoms with Crippen LogP contribution in [0.2, 0.25) is 0 Å². The minimum atomic E-state index is -0.898. The van der Waals surface area contributed by atoms with Gasteiger partial charge in [0.1, 0.15) is 23.2 Å². The highest BCUT2D eigenvalue weighted by Gasteiger charge is 2.51. The highest BCUT2D eigenvalue weighted by Crippen LogP contribution is 2.30. The van der Waals surface area contributed by atoms with Gasteiger partial charge < -0.3 is 10.2 Å². The molecule has 1 unspecified atom stereocenters. The molecule has 20 heavy (non-hydrogen) atoms. The maximum absolute atomic E-state index is 12.7. The van der Waals surface area contributed by atoms with Gasteiger partial charge in [-0.3, -0.25) is 14.3 Å². The van der Waals surface area contributed by atoms with Crippen LogP contribution in [0.5, 0.6) is 0 Å². The van der Waals surface area contributed by atoms with Crippen molar-refractivity contribution in [2.75, 3.05) is 0 Å². The van der Waals surface area contributed by atoms with Gasteiger partial charge in [0.25, 0.3) is 0 Å². The molecule has 1 atom stereocenters. The van der Waals surface area contributed by atoms with Gasteiger partial charge in [0.2, 0.25) is 11.8 Å². The fourth-order valence-corrected chi connectivity index (χ4v) is 2.36. The first-order valence-electron chi connectivity index (χ1n) is 6.70. The Balaban J connectivity index is 2.41. The largest absolute Gasteiger partial charge is 0.340 e. The Morgan fingerprint density at radius 1 is 1.30 bits per heavy atom. The third kappa shape index (κ3) is 2.07. The Hall–Kier alpha value is -1.92. The summed E-state index contributed by atoms with van der Waals surface area (Å²) in [4.78, 5) is 30.8. The zero-order valence-electron chi connectivity index (χ0n) is 12.6. The first kappa shape index (κ1) is 14.5. The molecule has 0 bridgehead atoms. The lowest BCUT2D eigenvalue weighted by Gasteiger charge is -2.48. The molecule has 1 saturated heterocycles. The van der Waals surface area contributed by atoms with Gasteiger partial charge in [0.05, 0.1) is 6.54 Å². The number of hydrogen-bond acceptors (Lipinski definition) is 4. The van der Waals surface area contributed by atoms with Crippen LogP contribution in [0.4, 0.5) is 0 Å². The fraction of sp³-hybridized carbons (Fsp3) is 0.692. The maximum atomic E-state index is 12.7. The topological polar surface area (TPSA) is 80.1 Å². The van der Waals surface area contributed by atoms with Crippen molar-refractivity contribution in [2.45, 2.75) is 51.7 Å². The molecule has 2 heterocycles. The van der Waals surface area contributed by atoms with Crippen molar-refractivity contribution >= 4 is 11.8 Å². The van der Waals surface area contributed by atoms with Gasteiger partial charge >= 0.3 is 0 Å². The van der Waals surface area contributed by atoms with E-state index in [9.17, 15) is 9.59 Å². The van der Waals surface area contributed by atoms with Crippen LogP contribution in [0.1, 0.15) is 39.9 Å². The number of aryl methyl sites for hydroxylation is 1. The molecule has 1 N–H and O–H groups in total. The molecular weight excluding hydrogens is 258 g/mol. The van der Waals surface area contributed by atoms with Gasteiger partial charge in [0.15, 0.2) is 0 Å². The summed E-state index contributed by atoms with van der Waals surface area (Å²) in [6.07, 6.45) is 1.98. The van der Waals surface area contributed by atoms with Crippen molar-refractivity contribution in [1.82, 2.24) is 25.0 Å². The second-order valence-electron chi connectivity index (χ2n) is 5.90. The van der Waals surface area contributed by atoms with Gasteiger partial charge in [-0.2, -0.15) is 5.10 Å². The summed E-state index contributed by atoms with van der Waals surface area (Å²) in [6, 6.07) is 0. The quantitative estimate of drug-likeness (QED) is 0.858. The Morgan fingerprint density at radius 2 is 1.95 bits per heavy atom. The molecule has 1 aromatic rings. The minimum absolute atomic E-state index is 0.107. The van der Waals surface area contributed by atoms with Gasteiger partial charge in [-0.25, -0.2) is 4.98 Å². The summed E-state index contributed by atoms with van der Waals surface area (Å²) in [7, 11) is 1.77. The Labute approximate surface area is 118 Å². The maximum Gasteiger partial charge on any atom is 0.249 e. The minimum Gasteiger partial charge on any atom is -0.340 e. The highest BCUT2D eigenvalue weighted by molar-refractivity contribution is 6.01. The summed E-state index contributed by atoms with van der Waals surface area (Å²) < 4.78 is 1.61. The molecule has 7 nitrogen and oxygen atoms in total. The molecule has 2 rings (SSSR count). The first-order valence-corrected chi connectivity index (χ1v) is 6.70. The van der Waals surface area contributed by atoms with E-state index < -0.39 is 11.1 Å². The molecule has 1 aliphatic heterocycles. The Kier molecular flexibility index (Phi) is 3.31. The third-order valence-corrected chi connectivity index (χ3v) is 4.08. The molecule has 110 valence electrons. The van der Waals surface area contributed by atoms with E-state index in [4.69, 9.17) is 0 Å². The third-order valence-electron chi connectivity index (χ3n) is 4.08. The molecular formula is C13H21N5O2. The average molecular weight is 279 g/mol. The van der Waals surface area contributed by atoms with Crippen molar-refractivity contribution < 1.29 is 9.59 Å². The molecule has 7 heteroatoms. The van der Waals surface area contributed by atoms with E-state index in [0.29, 0.717) is 12.2 Å². The van der Waals surface area contributed by atoms with E-state index in [0.717, 1.165) is 0 Å². The van der Waals surface area contributed by atoms with E-state index >= 15 is 0 Å². The lowest BCUT2D eigenvalue weighted by Crippen LogP contribution is -2.72. The second-order valence-corrected chi connectivity index (χ2v) is 5.90. The lowest BCUT2D eigenvalue weighted by atomic mass is 9.86. The Morgan fingerprint density at radius 3 is 2.45 bits per heavy atom. The molecule has 0 saturated carbocycles. The average Bonchev–Trinajstić information content (AvgIpc) is 2.77. The predicted molar refractivity (Wildman–Crippen MR) is 72.5 cm³/mol. The fourth-order valence-electron chi connectivity index (χ4n) is 2.36. The second kappa shape index (κ2) is 4.57. The molecule has 0 radical (unpaired) electrons. The molecule has 1 aromatic heterocycles. The number of carbonyl (C=O) groups is 2. The normalized spacial score (nSPS) is 25.8. The van der Waals surface area contributed by atoms with Crippen molar-refractivity contribution in [2.24, 2.45) is 7.05 Å². The number of nitrogens with one attached hydrogen (secondary N) is 1. The lowest BCUT2D eigenvalue weighted by molar-refractivity contribution is -0.162. The van der Waals surface area contributed by atoms with Crippen LogP contribution >= 0.6 is 0 Å². The van der Waals surface area contributed by atoms with Crippen LogP contribution in [-0.2, 0) is 23.2 Å². The van der Waals surface area contributed by atoms with E-state index in [1.807, 2.05) is 6.92 Å². The Bertz CT molecular complexity index is 551. The highest BCUT2D eigenvalue weighted by atomic mass is 16.2. The number of hydrogen-bond donors (Lipinski definition) is 1. The van der Waals surface area contributed by atoms with E-state index in [-0.39, 0.29) is 18.4 Å². The molecule has 1 fully saturated rings. The summed E-state index contributed by atoms with van der Waals surface area (Å²) in [5, 5.41) is 6.80. The monoisotopic (exact) mass is 279 g/mol.